The van der Waals surface area contributed by atoms with Crippen molar-refractivity contribution < 1.29 is 9.90 Å². The van der Waals surface area contributed by atoms with Gasteiger partial charge in [0.1, 0.15) is 5.69 Å². The number of hydrogen-bond donors (Lipinski definition) is 2. The number of fused-ring (bicyclic) bond motifs is 1. The number of carboxylic acids is 1. The van der Waals surface area contributed by atoms with Crippen molar-refractivity contribution in [3.63, 3.8) is 0 Å². The van der Waals surface area contributed by atoms with E-state index in [2.05, 4.69) is 15.0 Å². The van der Waals surface area contributed by atoms with Crippen LogP contribution >= 0.6 is 0 Å². The number of hydrogen-bond acceptors (Lipinski definition) is 3. The molecular formula is C7H7N3O2. The van der Waals surface area contributed by atoms with Crippen LogP contribution in [0.5, 0.6) is 0 Å². The molecule has 0 fully saturated rings. The SMILES string of the molecule is O=C(O)[C@@H]1Cc2[nH]cnc2C=N1. The van der Waals surface area contributed by atoms with E-state index in [1.165, 1.54) is 6.21 Å². The first-order valence-corrected chi connectivity index (χ1v) is 3.55. The fraction of sp³-hybridized carbons (Fsp3) is 0.286. The fourth-order valence-electron chi connectivity index (χ4n) is 1.16. The molecule has 0 saturated heterocycles. The Hall–Kier alpha value is -1.65. The number of carbonyl (C=O) groups is 1. The lowest BCUT2D eigenvalue weighted by Gasteiger charge is -2.10. The maximum atomic E-state index is 10.5. The number of rotatable bonds is 1. The highest BCUT2D eigenvalue weighted by Gasteiger charge is 2.22. The van der Waals surface area contributed by atoms with Gasteiger partial charge in [-0.1, -0.05) is 0 Å². The largest absolute Gasteiger partial charge is 0.480 e. The molecule has 1 aromatic rings. The van der Waals surface area contributed by atoms with Gasteiger partial charge in [-0.3, -0.25) is 4.99 Å². The molecule has 0 radical (unpaired) electrons. The number of carboxylic acid groups (broad SMARTS) is 1. The second-order valence-electron chi connectivity index (χ2n) is 2.60. The quantitative estimate of drug-likeness (QED) is 0.606. The lowest BCUT2D eigenvalue weighted by Crippen LogP contribution is -2.24. The van der Waals surface area contributed by atoms with E-state index < -0.39 is 12.0 Å². The molecule has 2 heterocycles. The summed E-state index contributed by atoms with van der Waals surface area (Å²) < 4.78 is 0. The van der Waals surface area contributed by atoms with E-state index in [4.69, 9.17) is 5.11 Å². The van der Waals surface area contributed by atoms with Crippen LogP contribution in [0.2, 0.25) is 0 Å². The second kappa shape index (κ2) is 2.44. The van der Waals surface area contributed by atoms with Gasteiger partial charge in [0.25, 0.3) is 0 Å². The first-order chi connectivity index (χ1) is 5.77. The van der Waals surface area contributed by atoms with E-state index in [9.17, 15) is 4.79 Å². The minimum absolute atomic E-state index is 0.404. The topological polar surface area (TPSA) is 78.3 Å². The predicted octanol–water partition coefficient (Wildman–Crippen LogP) is -0.162. The molecule has 1 atom stereocenters. The number of H-pyrrole nitrogens is 1. The molecule has 0 aliphatic carbocycles. The molecule has 0 amide bonds. The van der Waals surface area contributed by atoms with Gasteiger partial charge in [0.05, 0.1) is 6.33 Å². The maximum absolute atomic E-state index is 10.5. The molecule has 1 aromatic heterocycles. The van der Waals surface area contributed by atoms with Crippen LogP contribution in [0.15, 0.2) is 11.3 Å². The molecule has 1 aliphatic heterocycles. The van der Waals surface area contributed by atoms with E-state index >= 15 is 0 Å². The average Bonchev–Trinajstić information content (AvgIpc) is 2.49. The van der Waals surface area contributed by atoms with Crippen molar-refractivity contribution in [1.29, 1.82) is 0 Å². The lowest BCUT2D eigenvalue weighted by molar-refractivity contribution is -0.138. The highest BCUT2D eigenvalue weighted by molar-refractivity contribution is 5.85. The van der Waals surface area contributed by atoms with Crippen LogP contribution in [0.25, 0.3) is 0 Å². The maximum Gasteiger partial charge on any atom is 0.328 e. The molecule has 12 heavy (non-hydrogen) atoms. The molecule has 2 rings (SSSR count). The summed E-state index contributed by atoms with van der Waals surface area (Å²) in [7, 11) is 0. The molecule has 2 N–H and O–H groups in total. The average molecular weight is 165 g/mol. The van der Waals surface area contributed by atoms with Crippen molar-refractivity contribution in [3.05, 3.63) is 17.7 Å². The Balaban J connectivity index is 2.30. The molecule has 62 valence electrons. The fourth-order valence-corrected chi connectivity index (χ4v) is 1.16. The number of nitrogens with zero attached hydrogens (tertiary/aromatic N) is 2. The Morgan fingerprint density at radius 2 is 2.58 bits per heavy atom. The second-order valence-corrected chi connectivity index (χ2v) is 2.60. The summed E-state index contributed by atoms with van der Waals surface area (Å²) in [5.74, 6) is -0.897. The van der Waals surface area contributed by atoms with Crippen LogP contribution in [0.3, 0.4) is 0 Å². The monoisotopic (exact) mass is 165 g/mol. The standard InChI is InChI=1S/C7H7N3O2/c11-7(12)5-1-4-6(2-8-5)10-3-9-4/h2-3,5H,1H2,(H,9,10)(H,11,12)/t5-/m0/s1. The van der Waals surface area contributed by atoms with Crippen molar-refractivity contribution in [2.24, 2.45) is 4.99 Å². The molecule has 0 saturated carbocycles. The van der Waals surface area contributed by atoms with Gasteiger partial charge >= 0.3 is 5.97 Å². The Morgan fingerprint density at radius 3 is 3.33 bits per heavy atom. The highest BCUT2D eigenvalue weighted by atomic mass is 16.4. The number of nitrogens with one attached hydrogen (secondary N) is 1. The Labute approximate surface area is 68.2 Å². The first-order valence-electron chi connectivity index (χ1n) is 3.55. The molecule has 0 unspecified atom stereocenters. The van der Waals surface area contributed by atoms with E-state index in [1.54, 1.807) is 6.33 Å². The molecule has 5 nitrogen and oxygen atoms in total. The highest BCUT2D eigenvalue weighted by Crippen LogP contribution is 2.11. The third-order valence-corrected chi connectivity index (χ3v) is 1.81. The summed E-state index contributed by atoms with van der Waals surface area (Å²) in [4.78, 5) is 21.2. The third-order valence-electron chi connectivity index (χ3n) is 1.81. The van der Waals surface area contributed by atoms with Crippen molar-refractivity contribution >= 4 is 12.2 Å². The lowest BCUT2D eigenvalue weighted by atomic mass is 10.1. The van der Waals surface area contributed by atoms with Crippen LogP contribution < -0.4 is 0 Å². The van der Waals surface area contributed by atoms with E-state index in [-0.39, 0.29) is 0 Å². The smallest absolute Gasteiger partial charge is 0.328 e. The van der Waals surface area contributed by atoms with Crippen molar-refractivity contribution in [2.75, 3.05) is 0 Å². The van der Waals surface area contributed by atoms with Gasteiger partial charge in [0.2, 0.25) is 0 Å². The minimum atomic E-state index is -0.897. The summed E-state index contributed by atoms with van der Waals surface area (Å²) in [6.45, 7) is 0. The van der Waals surface area contributed by atoms with Crippen molar-refractivity contribution in [2.45, 2.75) is 12.5 Å². The summed E-state index contributed by atoms with van der Waals surface area (Å²) in [5.41, 5.74) is 1.59. The van der Waals surface area contributed by atoms with Gasteiger partial charge < -0.3 is 10.1 Å². The Kier molecular flexibility index (Phi) is 1.43. The van der Waals surface area contributed by atoms with Crippen LogP contribution in [-0.2, 0) is 11.2 Å². The number of aliphatic carboxylic acids is 1. The summed E-state index contributed by atoms with van der Waals surface area (Å²) in [6.07, 6.45) is 3.44. The summed E-state index contributed by atoms with van der Waals surface area (Å²) in [5, 5.41) is 8.65. The Bertz CT molecular complexity index is 342. The normalized spacial score (nSPS) is 20.5. The zero-order valence-corrected chi connectivity index (χ0v) is 6.19. The first kappa shape index (κ1) is 7.02. The number of imidazole rings is 1. The van der Waals surface area contributed by atoms with E-state index in [1.807, 2.05) is 0 Å². The van der Waals surface area contributed by atoms with Crippen LogP contribution in [0.1, 0.15) is 11.4 Å². The molecule has 0 spiro atoms. The minimum Gasteiger partial charge on any atom is -0.480 e. The zero-order valence-electron chi connectivity index (χ0n) is 6.19. The number of aliphatic imine (C=N–C) groups is 1. The molecule has 1 aliphatic rings. The van der Waals surface area contributed by atoms with Crippen molar-refractivity contribution in [3.8, 4) is 0 Å². The molecule has 0 bridgehead atoms. The van der Waals surface area contributed by atoms with Crippen LogP contribution in [0.4, 0.5) is 0 Å². The van der Waals surface area contributed by atoms with Gasteiger partial charge in [0, 0.05) is 18.3 Å². The molecule has 0 aromatic carbocycles. The van der Waals surface area contributed by atoms with Crippen LogP contribution in [-0.4, -0.2) is 33.3 Å². The van der Waals surface area contributed by atoms with E-state index in [0.29, 0.717) is 6.42 Å². The number of aromatic nitrogens is 2. The third kappa shape index (κ3) is 0.990. The predicted molar refractivity (Wildman–Crippen MR) is 41.3 cm³/mol. The van der Waals surface area contributed by atoms with Gasteiger partial charge in [0.15, 0.2) is 6.04 Å². The molecule has 5 heteroatoms. The van der Waals surface area contributed by atoms with Crippen LogP contribution in [0, 0.1) is 0 Å². The Morgan fingerprint density at radius 1 is 1.75 bits per heavy atom. The van der Waals surface area contributed by atoms with Gasteiger partial charge in [-0.15, -0.1) is 0 Å². The summed E-state index contributed by atoms with van der Waals surface area (Å²) >= 11 is 0. The zero-order chi connectivity index (χ0) is 8.55. The van der Waals surface area contributed by atoms with E-state index in [0.717, 1.165) is 11.4 Å². The molecular weight excluding hydrogens is 158 g/mol. The van der Waals surface area contributed by atoms with Crippen molar-refractivity contribution in [1.82, 2.24) is 9.97 Å². The van der Waals surface area contributed by atoms with Gasteiger partial charge in [-0.25, -0.2) is 9.78 Å². The number of aromatic amines is 1. The summed E-state index contributed by atoms with van der Waals surface area (Å²) in [6, 6.07) is -0.655. The van der Waals surface area contributed by atoms with Gasteiger partial charge in [-0.2, -0.15) is 0 Å². The van der Waals surface area contributed by atoms with Gasteiger partial charge in [-0.05, 0) is 0 Å².